The summed E-state index contributed by atoms with van der Waals surface area (Å²) in [7, 11) is 0. The largest absolute Gasteiger partial charge is 0.478 e. The van der Waals surface area contributed by atoms with E-state index < -0.39 is 11.9 Å². The zero-order chi connectivity index (χ0) is 14.7. The van der Waals surface area contributed by atoms with Crippen LogP contribution in [0.2, 0.25) is 0 Å². The molecule has 0 aliphatic carbocycles. The number of hydrogen-bond acceptors (Lipinski definition) is 3. The molecule has 1 heterocycles. The van der Waals surface area contributed by atoms with Crippen LogP contribution in [0.15, 0.2) is 24.3 Å². The zero-order valence-corrected chi connectivity index (χ0v) is 11.1. The molecule has 2 N–H and O–H groups in total. The van der Waals surface area contributed by atoms with Gasteiger partial charge in [-0.15, -0.1) is 0 Å². The maximum atomic E-state index is 12.1. The van der Waals surface area contributed by atoms with Gasteiger partial charge in [-0.1, -0.05) is 12.1 Å². The molecule has 0 spiro atoms. The van der Waals surface area contributed by atoms with Crippen LogP contribution in [0, 0.1) is 5.92 Å². The Morgan fingerprint density at radius 2 is 2.10 bits per heavy atom. The van der Waals surface area contributed by atoms with Crippen molar-refractivity contribution in [3.63, 3.8) is 0 Å². The van der Waals surface area contributed by atoms with Crippen LogP contribution >= 0.6 is 0 Å². The van der Waals surface area contributed by atoms with E-state index in [0.29, 0.717) is 13.1 Å². The van der Waals surface area contributed by atoms with Crippen molar-refractivity contribution in [3.05, 3.63) is 29.8 Å². The summed E-state index contributed by atoms with van der Waals surface area (Å²) in [5.41, 5.74) is 0.296. The molecule has 1 aromatic carbocycles. The number of rotatable bonds is 4. The van der Waals surface area contributed by atoms with Gasteiger partial charge in [-0.2, -0.15) is 0 Å². The average Bonchev–Trinajstić information content (AvgIpc) is 2.80. The van der Waals surface area contributed by atoms with Gasteiger partial charge in [-0.25, -0.2) is 4.79 Å². The second-order valence-corrected chi connectivity index (χ2v) is 4.67. The van der Waals surface area contributed by atoms with E-state index in [0.717, 1.165) is 0 Å². The van der Waals surface area contributed by atoms with E-state index in [1.807, 2.05) is 6.92 Å². The van der Waals surface area contributed by atoms with Crippen LogP contribution in [0.3, 0.4) is 0 Å². The number of nitrogens with zero attached hydrogens (tertiary/aromatic N) is 1. The maximum absolute atomic E-state index is 12.1. The second kappa shape index (κ2) is 5.73. The highest BCUT2D eigenvalue weighted by molar-refractivity contribution is 6.02. The van der Waals surface area contributed by atoms with Gasteiger partial charge in [0.25, 0.3) is 0 Å². The van der Waals surface area contributed by atoms with Crippen molar-refractivity contribution in [3.8, 4) is 0 Å². The molecule has 0 bridgehead atoms. The number of benzene rings is 1. The number of nitrogens with one attached hydrogen (secondary N) is 1. The topological polar surface area (TPSA) is 86.7 Å². The number of likely N-dealkylation sites (tertiary alicyclic amines) is 1. The summed E-state index contributed by atoms with van der Waals surface area (Å²) in [6.45, 7) is 2.82. The Bertz CT molecular complexity index is 556. The fourth-order valence-corrected chi connectivity index (χ4v) is 2.27. The Labute approximate surface area is 116 Å². The third kappa shape index (κ3) is 2.79. The smallest absolute Gasteiger partial charge is 0.337 e. The Morgan fingerprint density at radius 1 is 1.40 bits per heavy atom. The zero-order valence-electron chi connectivity index (χ0n) is 11.1. The molecule has 2 rings (SSSR count). The van der Waals surface area contributed by atoms with E-state index in [1.54, 1.807) is 17.0 Å². The fourth-order valence-electron chi connectivity index (χ4n) is 2.27. The minimum Gasteiger partial charge on any atom is -0.478 e. The standard InChI is InChI=1S/C14H16N2O4/c1-2-16-8-9(7-12(16)17)13(18)15-11-6-4-3-5-10(11)14(19)20/h3-6,9H,2,7-8H2,1H3,(H,15,18)(H,19,20). The minimum absolute atomic E-state index is 0.0394. The van der Waals surface area contributed by atoms with Gasteiger partial charge in [0, 0.05) is 19.5 Å². The summed E-state index contributed by atoms with van der Waals surface area (Å²) in [5, 5.41) is 11.7. The molecule has 106 valence electrons. The third-order valence-corrected chi connectivity index (χ3v) is 3.38. The van der Waals surface area contributed by atoms with E-state index in [4.69, 9.17) is 5.11 Å². The van der Waals surface area contributed by atoms with Crippen LogP contribution in [0.1, 0.15) is 23.7 Å². The predicted octanol–water partition coefficient (Wildman–Crippen LogP) is 1.19. The Balaban J connectivity index is 2.10. The molecular formula is C14H16N2O4. The average molecular weight is 276 g/mol. The molecule has 1 fully saturated rings. The first kappa shape index (κ1) is 14.0. The number of hydrogen-bond donors (Lipinski definition) is 2. The lowest BCUT2D eigenvalue weighted by Crippen LogP contribution is -2.28. The minimum atomic E-state index is -1.10. The molecule has 1 unspecified atom stereocenters. The van der Waals surface area contributed by atoms with E-state index in [2.05, 4.69) is 5.32 Å². The molecule has 1 aliphatic heterocycles. The van der Waals surface area contributed by atoms with Crippen molar-refractivity contribution in [2.45, 2.75) is 13.3 Å². The predicted molar refractivity (Wildman–Crippen MR) is 72.4 cm³/mol. The van der Waals surface area contributed by atoms with Crippen LogP contribution < -0.4 is 5.32 Å². The van der Waals surface area contributed by atoms with Crippen LogP contribution in [-0.2, 0) is 9.59 Å². The van der Waals surface area contributed by atoms with Gasteiger partial charge in [0.15, 0.2) is 0 Å². The van der Waals surface area contributed by atoms with Crippen LogP contribution in [0.25, 0.3) is 0 Å². The summed E-state index contributed by atoms with van der Waals surface area (Å²) < 4.78 is 0. The number of para-hydroxylation sites is 1. The lowest BCUT2D eigenvalue weighted by atomic mass is 10.1. The SMILES string of the molecule is CCN1CC(C(=O)Nc2ccccc2C(=O)O)CC1=O. The molecule has 0 radical (unpaired) electrons. The third-order valence-electron chi connectivity index (χ3n) is 3.38. The molecule has 0 saturated carbocycles. The molecule has 2 amide bonds. The van der Waals surface area contributed by atoms with Crippen molar-refractivity contribution in [2.75, 3.05) is 18.4 Å². The molecule has 1 saturated heterocycles. The van der Waals surface area contributed by atoms with Crippen LogP contribution in [0.4, 0.5) is 5.69 Å². The molecule has 20 heavy (non-hydrogen) atoms. The van der Waals surface area contributed by atoms with E-state index in [9.17, 15) is 14.4 Å². The van der Waals surface area contributed by atoms with E-state index >= 15 is 0 Å². The summed E-state index contributed by atoms with van der Waals surface area (Å²) in [6.07, 6.45) is 0.176. The van der Waals surface area contributed by atoms with Crippen LogP contribution in [0.5, 0.6) is 0 Å². The summed E-state index contributed by atoms with van der Waals surface area (Å²) in [6, 6.07) is 6.21. The Kier molecular flexibility index (Phi) is 4.02. The Morgan fingerprint density at radius 3 is 2.70 bits per heavy atom. The number of aromatic carboxylic acids is 1. The summed E-state index contributed by atoms with van der Waals surface area (Å²) >= 11 is 0. The molecule has 6 nitrogen and oxygen atoms in total. The Hall–Kier alpha value is -2.37. The number of amides is 2. The van der Waals surface area contributed by atoms with E-state index in [1.165, 1.54) is 12.1 Å². The number of carboxylic acids is 1. The maximum Gasteiger partial charge on any atom is 0.337 e. The fraction of sp³-hybridized carbons (Fsp3) is 0.357. The second-order valence-electron chi connectivity index (χ2n) is 4.67. The van der Waals surface area contributed by atoms with Gasteiger partial charge in [0.05, 0.1) is 17.2 Å². The first-order valence-corrected chi connectivity index (χ1v) is 6.44. The summed E-state index contributed by atoms with van der Waals surface area (Å²) in [5.74, 6) is -1.88. The van der Waals surface area contributed by atoms with Gasteiger partial charge in [0.1, 0.15) is 0 Å². The highest BCUT2D eigenvalue weighted by Crippen LogP contribution is 2.21. The molecule has 0 aromatic heterocycles. The van der Waals surface area contributed by atoms with Crippen molar-refractivity contribution in [2.24, 2.45) is 5.92 Å². The van der Waals surface area contributed by atoms with Gasteiger partial charge in [-0.3, -0.25) is 9.59 Å². The number of carbonyl (C=O) groups excluding carboxylic acids is 2. The van der Waals surface area contributed by atoms with Crippen molar-refractivity contribution in [1.29, 1.82) is 0 Å². The first-order chi connectivity index (χ1) is 9.52. The monoisotopic (exact) mass is 276 g/mol. The van der Waals surface area contributed by atoms with E-state index in [-0.39, 0.29) is 29.5 Å². The van der Waals surface area contributed by atoms with Gasteiger partial charge < -0.3 is 15.3 Å². The van der Waals surface area contributed by atoms with Crippen LogP contribution in [-0.4, -0.2) is 40.9 Å². The highest BCUT2D eigenvalue weighted by atomic mass is 16.4. The quantitative estimate of drug-likeness (QED) is 0.865. The summed E-state index contributed by atoms with van der Waals surface area (Å²) in [4.78, 5) is 36.4. The number of carbonyl (C=O) groups is 3. The lowest BCUT2D eigenvalue weighted by molar-refractivity contribution is -0.128. The molecule has 6 heteroatoms. The van der Waals surface area contributed by atoms with Crippen molar-refractivity contribution >= 4 is 23.5 Å². The van der Waals surface area contributed by atoms with Crippen molar-refractivity contribution in [1.82, 2.24) is 4.90 Å². The molecule has 1 aliphatic rings. The highest BCUT2D eigenvalue weighted by Gasteiger charge is 2.33. The number of carboxylic acid groups (broad SMARTS) is 1. The van der Waals surface area contributed by atoms with Gasteiger partial charge in [-0.05, 0) is 19.1 Å². The van der Waals surface area contributed by atoms with Gasteiger partial charge in [0.2, 0.25) is 11.8 Å². The molecular weight excluding hydrogens is 260 g/mol. The number of anilines is 1. The van der Waals surface area contributed by atoms with Crippen molar-refractivity contribution < 1.29 is 19.5 Å². The lowest BCUT2D eigenvalue weighted by Gasteiger charge is -2.14. The molecule has 1 aromatic rings. The van der Waals surface area contributed by atoms with Gasteiger partial charge >= 0.3 is 5.97 Å². The normalized spacial score (nSPS) is 18.1. The first-order valence-electron chi connectivity index (χ1n) is 6.44. The molecule has 1 atom stereocenters.